The van der Waals surface area contributed by atoms with E-state index < -0.39 is 46.6 Å². The minimum absolute atomic E-state index is 0.0339. The lowest BCUT2D eigenvalue weighted by atomic mass is 9.74. The Kier molecular flexibility index (Phi) is 7.41. The third-order valence-corrected chi connectivity index (χ3v) is 8.50. The van der Waals surface area contributed by atoms with Crippen LogP contribution >= 0.6 is 0 Å². The van der Waals surface area contributed by atoms with E-state index in [2.05, 4.69) is 34.6 Å². The van der Waals surface area contributed by atoms with Crippen molar-refractivity contribution in [1.82, 2.24) is 9.80 Å². The molecule has 8 heteroatoms. The Labute approximate surface area is 227 Å². The summed E-state index contributed by atoms with van der Waals surface area (Å²) in [6.45, 7) is 16.7. The van der Waals surface area contributed by atoms with Crippen molar-refractivity contribution in [3.63, 3.8) is 0 Å². The Bertz CT molecular complexity index is 1030. The Morgan fingerprint density at radius 1 is 1.05 bits per heavy atom. The largest absolute Gasteiger partial charge is 0.465 e. The number of carbonyl (C=O) groups excluding carboxylic acids is 3. The van der Waals surface area contributed by atoms with E-state index in [9.17, 15) is 19.5 Å². The number of nitrogens with zero attached hydrogens (tertiary/aromatic N) is 2. The summed E-state index contributed by atoms with van der Waals surface area (Å²) in [7, 11) is 0. The summed E-state index contributed by atoms with van der Waals surface area (Å²) >= 11 is 0. The minimum Gasteiger partial charge on any atom is -0.465 e. The number of likely N-dealkylation sites (tertiary alicyclic amines) is 1. The summed E-state index contributed by atoms with van der Waals surface area (Å²) < 4.78 is 12.4. The molecule has 4 rings (SSSR count). The number of cyclic esters (lactones) is 1. The molecule has 8 nitrogen and oxygen atoms in total. The molecule has 2 fully saturated rings. The van der Waals surface area contributed by atoms with Gasteiger partial charge in [-0.15, -0.1) is 0 Å². The Morgan fingerprint density at radius 2 is 1.74 bits per heavy atom. The highest BCUT2D eigenvalue weighted by molar-refractivity contribution is 5.99. The standard InChI is InChI=1S/C30H46N2O6/c1-19(2)16-20(17-33)32-23-25(35)31(28(6,7)18-27(3,4)5)14-11-13-30(23)21(24(32)34)22-26(36)37-15-10-9-12-29(22,8)38-30/h9,11-13,19-23,33H,10,14-18H2,1-8H3/t20-,21+,22+,23?,29-,30+/m1/s1. The Hall–Kier alpha value is -2.19. The fraction of sp³-hybridized carbons (Fsp3) is 0.767. The second-order valence-corrected chi connectivity index (χ2v) is 14.0. The first kappa shape index (κ1) is 28.8. The van der Waals surface area contributed by atoms with E-state index in [1.165, 1.54) is 0 Å². The molecule has 0 aliphatic carbocycles. The number of hydrogen-bond donors (Lipinski definition) is 1. The first-order valence-corrected chi connectivity index (χ1v) is 14.0. The zero-order valence-electron chi connectivity index (χ0n) is 24.3. The third kappa shape index (κ3) is 4.72. The van der Waals surface area contributed by atoms with E-state index in [0.717, 1.165) is 6.42 Å². The fourth-order valence-electron chi connectivity index (χ4n) is 7.58. The minimum atomic E-state index is -1.35. The molecule has 38 heavy (non-hydrogen) atoms. The number of amides is 2. The average Bonchev–Trinajstić information content (AvgIpc) is 3.09. The second kappa shape index (κ2) is 9.77. The van der Waals surface area contributed by atoms with Crippen molar-refractivity contribution in [2.75, 3.05) is 19.8 Å². The number of aliphatic hydroxyl groups excluding tert-OH is 1. The summed E-state index contributed by atoms with van der Waals surface area (Å²) in [5, 5.41) is 10.5. The fourth-order valence-corrected chi connectivity index (χ4v) is 7.58. The van der Waals surface area contributed by atoms with Gasteiger partial charge in [-0.1, -0.05) is 58.9 Å². The molecular formula is C30H46N2O6. The molecular weight excluding hydrogens is 484 g/mol. The van der Waals surface area contributed by atoms with Gasteiger partial charge in [0.25, 0.3) is 0 Å². The molecule has 0 aromatic rings. The smallest absolute Gasteiger partial charge is 0.313 e. The normalized spacial score (nSPS) is 34.5. The number of aliphatic hydroxyl groups is 1. The van der Waals surface area contributed by atoms with Crippen LogP contribution in [0.2, 0.25) is 0 Å². The van der Waals surface area contributed by atoms with Crippen LogP contribution in [-0.4, -0.2) is 81.3 Å². The maximum Gasteiger partial charge on any atom is 0.313 e. The molecule has 0 radical (unpaired) electrons. The number of carbonyl (C=O) groups is 3. The van der Waals surface area contributed by atoms with E-state index >= 15 is 0 Å². The molecule has 1 spiro atoms. The van der Waals surface area contributed by atoms with E-state index in [4.69, 9.17) is 9.47 Å². The Morgan fingerprint density at radius 3 is 2.34 bits per heavy atom. The van der Waals surface area contributed by atoms with Crippen molar-refractivity contribution in [2.24, 2.45) is 23.2 Å². The van der Waals surface area contributed by atoms with Gasteiger partial charge < -0.3 is 24.4 Å². The molecule has 4 heterocycles. The number of ether oxygens (including phenoxy) is 2. The molecule has 0 saturated carbocycles. The zero-order valence-corrected chi connectivity index (χ0v) is 24.3. The summed E-state index contributed by atoms with van der Waals surface area (Å²) in [6, 6.07) is -1.58. The number of esters is 1. The van der Waals surface area contributed by atoms with Crippen molar-refractivity contribution in [3.05, 3.63) is 24.3 Å². The molecule has 212 valence electrons. The topological polar surface area (TPSA) is 96.4 Å². The van der Waals surface area contributed by atoms with Gasteiger partial charge in [0.1, 0.15) is 17.6 Å². The van der Waals surface area contributed by atoms with Gasteiger partial charge in [-0.05, 0) is 51.4 Å². The number of fused-ring (bicyclic) bond motifs is 2. The van der Waals surface area contributed by atoms with Crippen LogP contribution in [0.25, 0.3) is 0 Å². The van der Waals surface area contributed by atoms with Crippen LogP contribution in [0, 0.1) is 23.2 Å². The first-order chi connectivity index (χ1) is 17.6. The van der Waals surface area contributed by atoms with Crippen LogP contribution in [0.4, 0.5) is 0 Å². The van der Waals surface area contributed by atoms with Crippen LogP contribution in [0.15, 0.2) is 24.3 Å². The van der Waals surface area contributed by atoms with Crippen molar-refractivity contribution in [1.29, 1.82) is 0 Å². The predicted molar refractivity (Wildman–Crippen MR) is 144 cm³/mol. The van der Waals surface area contributed by atoms with E-state index in [0.29, 0.717) is 19.4 Å². The number of rotatable bonds is 6. The van der Waals surface area contributed by atoms with Gasteiger partial charge in [0.2, 0.25) is 11.8 Å². The zero-order chi connectivity index (χ0) is 28.3. The monoisotopic (exact) mass is 530 g/mol. The van der Waals surface area contributed by atoms with Gasteiger partial charge in [0.15, 0.2) is 0 Å². The van der Waals surface area contributed by atoms with Crippen molar-refractivity contribution in [2.45, 2.75) is 103 Å². The molecule has 0 aromatic heterocycles. The summed E-state index contributed by atoms with van der Waals surface area (Å²) in [6.07, 6.45) is 9.39. The van der Waals surface area contributed by atoms with Gasteiger partial charge in [-0.25, -0.2) is 0 Å². The molecule has 1 N–H and O–H groups in total. The van der Waals surface area contributed by atoms with Crippen molar-refractivity contribution < 1.29 is 29.0 Å². The molecule has 4 aliphatic heterocycles. The molecule has 2 amide bonds. The van der Waals surface area contributed by atoms with Crippen LogP contribution in [0.1, 0.15) is 74.7 Å². The van der Waals surface area contributed by atoms with Gasteiger partial charge in [0, 0.05) is 12.1 Å². The highest BCUT2D eigenvalue weighted by Gasteiger charge is 2.75. The maximum absolute atomic E-state index is 14.7. The number of hydrogen-bond acceptors (Lipinski definition) is 6. The Balaban J connectivity index is 1.89. The van der Waals surface area contributed by atoms with E-state index in [1.807, 2.05) is 50.0 Å². The van der Waals surface area contributed by atoms with Crippen molar-refractivity contribution in [3.8, 4) is 0 Å². The molecule has 0 bridgehead atoms. The molecule has 0 aromatic carbocycles. The van der Waals surface area contributed by atoms with Gasteiger partial charge >= 0.3 is 5.97 Å². The lowest BCUT2D eigenvalue weighted by Crippen LogP contribution is -2.62. The third-order valence-electron chi connectivity index (χ3n) is 8.50. The lowest BCUT2D eigenvalue weighted by molar-refractivity contribution is -0.163. The van der Waals surface area contributed by atoms with Crippen LogP contribution in [0.3, 0.4) is 0 Å². The molecule has 4 aliphatic rings. The molecule has 6 atom stereocenters. The van der Waals surface area contributed by atoms with Gasteiger partial charge in [-0.2, -0.15) is 0 Å². The summed E-state index contributed by atoms with van der Waals surface area (Å²) in [4.78, 5) is 45.9. The quantitative estimate of drug-likeness (QED) is 0.417. The van der Waals surface area contributed by atoms with Crippen LogP contribution < -0.4 is 0 Å². The molecule has 1 unspecified atom stereocenters. The van der Waals surface area contributed by atoms with Crippen LogP contribution in [0.5, 0.6) is 0 Å². The van der Waals surface area contributed by atoms with Crippen molar-refractivity contribution >= 4 is 17.8 Å². The van der Waals surface area contributed by atoms with Crippen LogP contribution in [-0.2, 0) is 23.9 Å². The summed E-state index contributed by atoms with van der Waals surface area (Å²) in [5.74, 6) is -2.67. The maximum atomic E-state index is 14.7. The summed E-state index contributed by atoms with van der Waals surface area (Å²) in [5.41, 5.74) is -2.99. The molecule has 2 saturated heterocycles. The van der Waals surface area contributed by atoms with E-state index in [-0.39, 0.29) is 36.4 Å². The van der Waals surface area contributed by atoms with Gasteiger partial charge in [-0.3, -0.25) is 14.4 Å². The SMILES string of the molecule is CC(C)C[C@H](CO)N1C(=O)[C@@H]2[C@H]3C(=O)OCCC=C[C@@]3(C)O[C@@]23C=CCN(C(C)(C)CC(C)(C)C)C(=O)C13. The van der Waals surface area contributed by atoms with E-state index in [1.54, 1.807) is 4.90 Å². The first-order valence-electron chi connectivity index (χ1n) is 14.0. The second-order valence-electron chi connectivity index (χ2n) is 14.0. The average molecular weight is 531 g/mol. The van der Waals surface area contributed by atoms with Gasteiger partial charge in [0.05, 0.1) is 30.8 Å². The predicted octanol–water partition coefficient (Wildman–Crippen LogP) is 3.48. The highest BCUT2D eigenvalue weighted by Crippen LogP contribution is 2.58. The highest BCUT2D eigenvalue weighted by atomic mass is 16.6. The lowest BCUT2D eigenvalue weighted by Gasteiger charge is -2.46.